The molecule has 14 heavy (non-hydrogen) atoms. The van der Waals surface area contributed by atoms with E-state index in [9.17, 15) is 0 Å². The highest BCUT2D eigenvalue weighted by molar-refractivity contribution is 9.10. The molecule has 0 saturated heterocycles. The molecule has 0 aliphatic rings. The number of ether oxygens (including phenoxy) is 1. The molecule has 78 valence electrons. The van der Waals surface area contributed by atoms with Gasteiger partial charge in [-0.2, -0.15) is 0 Å². The quantitative estimate of drug-likeness (QED) is 0.906. The fourth-order valence-electron chi connectivity index (χ4n) is 0.771. The minimum atomic E-state index is -0.247. The van der Waals surface area contributed by atoms with Gasteiger partial charge in [-0.15, -0.1) is 0 Å². The van der Waals surface area contributed by atoms with Crippen LogP contribution >= 0.6 is 15.9 Å². The van der Waals surface area contributed by atoms with Gasteiger partial charge in [-0.05, 0) is 36.2 Å². The Morgan fingerprint density at radius 3 is 2.71 bits per heavy atom. The molecule has 0 aromatic carbocycles. The maximum absolute atomic E-state index is 5.68. The van der Waals surface area contributed by atoms with E-state index in [1.54, 1.807) is 0 Å². The standard InChI is InChI=1S/C9H14BrN3O/c1-4-9(2,3)14-8-6(10)7(11)12-5-13-8/h5H,4H2,1-3H3,(H2,11,12,13). The van der Waals surface area contributed by atoms with Crippen molar-refractivity contribution in [1.82, 2.24) is 9.97 Å². The smallest absolute Gasteiger partial charge is 0.233 e. The molecule has 0 aliphatic heterocycles. The number of nitrogens with two attached hydrogens (primary N) is 1. The molecule has 0 saturated carbocycles. The summed E-state index contributed by atoms with van der Waals surface area (Å²) in [6, 6.07) is 0. The summed E-state index contributed by atoms with van der Waals surface area (Å²) >= 11 is 3.29. The van der Waals surface area contributed by atoms with E-state index >= 15 is 0 Å². The second-order valence-corrected chi connectivity index (χ2v) is 4.39. The Kier molecular flexibility index (Phi) is 3.31. The van der Waals surface area contributed by atoms with Crippen molar-refractivity contribution < 1.29 is 4.74 Å². The maximum Gasteiger partial charge on any atom is 0.233 e. The zero-order valence-electron chi connectivity index (χ0n) is 8.54. The summed E-state index contributed by atoms with van der Waals surface area (Å²) < 4.78 is 6.30. The molecule has 0 spiro atoms. The number of halogens is 1. The molecule has 0 unspecified atom stereocenters. The third kappa shape index (κ3) is 2.57. The number of nitrogens with zero attached hydrogens (tertiary/aromatic N) is 2. The first kappa shape index (κ1) is 11.2. The molecule has 5 heteroatoms. The van der Waals surface area contributed by atoms with Crippen LogP contribution in [0.3, 0.4) is 0 Å². The van der Waals surface area contributed by atoms with Gasteiger partial charge in [-0.25, -0.2) is 9.97 Å². The fraction of sp³-hybridized carbons (Fsp3) is 0.556. The fourth-order valence-corrected chi connectivity index (χ4v) is 1.06. The first-order valence-electron chi connectivity index (χ1n) is 4.41. The van der Waals surface area contributed by atoms with Crippen molar-refractivity contribution in [1.29, 1.82) is 0 Å². The highest BCUT2D eigenvalue weighted by Gasteiger charge is 2.20. The van der Waals surface area contributed by atoms with Gasteiger partial charge in [0, 0.05) is 0 Å². The first-order valence-corrected chi connectivity index (χ1v) is 5.20. The molecule has 1 aromatic rings. The summed E-state index contributed by atoms with van der Waals surface area (Å²) in [4.78, 5) is 7.85. The van der Waals surface area contributed by atoms with Crippen molar-refractivity contribution in [3.8, 4) is 5.88 Å². The Bertz CT molecular complexity index is 328. The molecule has 4 nitrogen and oxygen atoms in total. The Balaban J connectivity index is 2.92. The largest absolute Gasteiger partial charge is 0.471 e. The Morgan fingerprint density at radius 2 is 2.14 bits per heavy atom. The molecular weight excluding hydrogens is 246 g/mol. The monoisotopic (exact) mass is 259 g/mol. The predicted molar refractivity (Wildman–Crippen MR) is 59.1 cm³/mol. The number of hydrogen-bond donors (Lipinski definition) is 1. The number of aromatic nitrogens is 2. The third-order valence-corrected chi connectivity index (χ3v) is 2.75. The number of nitrogen functional groups attached to an aromatic ring is 1. The van der Waals surface area contributed by atoms with Crippen molar-refractivity contribution in [2.75, 3.05) is 5.73 Å². The van der Waals surface area contributed by atoms with Crippen molar-refractivity contribution in [3.63, 3.8) is 0 Å². The molecule has 0 bridgehead atoms. The molecule has 0 amide bonds. The van der Waals surface area contributed by atoms with Crippen molar-refractivity contribution in [3.05, 3.63) is 10.8 Å². The highest BCUT2D eigenvalue weighted by Crippen LogP contribution is 2.29. The zero-order chi connectivity index (χ0) is 10.8. The summed E-state index contributed by atoms with van der Waals surface area (Å²) in [5, 5.41) is 0. The molecule has 0 aliphatic carbocycles. The average molecular weight is 260 g/mol. The zero-order valence-corrected chi connectivity index (χ0v) is 10.1. The number of rotatable bonds is 3. The van der Waals surface area contributed by atoms with Gasteiger partial charge in [0.1, 0.15) is 22.2 Å². The van der Waals surface area contributed by atoms with E-state index in [1.165, 1.54) is 6.33 Å². The minimum Gasteiger partial charge on any atom is -0.471 e. The van der Waals surface area contributed by atoms with Gasteiger partial charge in [-0.3, -0.25) is 0 Å². The normalized spacial score (nSPS) is 11.4. The SMILES string of the molecule is CCC(C)(C)Oc1ncnc(N)c1Br. The van der Waals surface area contributed by atoms with Crippen LogP contribution in [0.15, 0.2) is 10.8 Å². The lowest BCUT2D eigenvalue weighted by Gasteiger charge is -2.24. The van der Waals surface area contributed by atoms with E-state index < -0.39 is 0 Å². The molecule has 1 heterocycles. The first-order chi connectivity index (χ1) is 6.46. The van der Waals surface area contributed by atoms with Crippen LogP contribution in [-0.2, 0) is 0 Å². The lowest BCUT2D eigenvalue weighted by molar-refractivity contribution is 0.0978. The van der Waals surface area contributed by atoms with Crippen molar-refractivity contribution in [2.45, 2.75) is 32.8 Å². The summed E-state index contributed by atoms with van der Waals surface area (Å²) in [5.41, 5.74) is 5.36. The van der Waals surface area contributed by atoms with Gasteiger partial charge in [0.05, 0.1) is 0 Å². The van der Waals surface area contributed by atoms with E-state index in [4.69, 9.17) is 10.5 Å². The van der Waals surface area contributed by atoms with Gasteiger partial charge >= 0.3 is 0 Å². The summed E-state index contributed by atoms with van der Waals surface area (Å²) in [7, 11) is 0. The van der Waals surface area contributed by atoms with Crippen LogP contribution < -0.4 is 10.5 Å². The number of hydrogen-bond acceptors (Lipinski definition) is 4. The van der Waals surface area contributed by atoms with Crippen LogP contribution in [0.2, 0.25) is 0 Å². The Labute approximate surface area is 92.0 Å². The number of anilines is 1. The minimum absolute atomic E-state index is 0.247. The predicted octanol–water partition coefficient (Wildman–Crippen LogP) is 2.39. The summed E-state index contributed by atoms with van der Waals surface area (Å²) in [5.74, 6) is 0.881. The van der Waals surface area contributed by atoms with E-state index in [0.29, 0.717) is 16.2 Å². The van der Waals surface area contributed by atoms with Crippen LogP contribution in [0.25, 0.3) is 0 Å². The molecule has 1 rings (SSSR count). The second-order valence-electron chi connectivity index (χ2n) is 3.59. The molecule has 0 radical (unpaired) electrons. The lowest BCUT2D eigenvalue weighted by Crippen LogP contribution is -2.27. The van der Waals surface area contributed by atoms with E-state index in [1.807, 2.05) is 13.8 Å². The van der Waals surface area contributed by atoms with Crippen LogP contribution in [0, 0.1) is 0 Å². The van der Waals surface area contributed by atoms with Gasteiger partial charge in [0.2, 0.25) is 5.88 Å². The lowest BCUT2D eigenvalue weighted by atomic mass is 10.1. The van der Waals surface area contributed by atoms with E-state index in [-0.39, 0.29) is 5.60 Å². The maximum atomic E-state index is 5.68. The van der Waals surface area contributed by atoms with Gasteiger partial charge in [0.15, 0.2) is 0 Å². The molecule has 0 atom stereocenters. The van der Waals surface area contributed by atoms with Gasteiger partial charge < -0.3 is 10.5 Å². The van der Waals surface area contributed by atoms with Gasteiger partial charge in [0.25, 0.3) is 0 Å². The second kappa shape index (κ2) is 4.13. The average Bonchev–Trinajstić information content (AvgIpc) is 2.13. The van der Waals surface area contributed by atoms with Crippen LogP contribution in [0.4, 0.5) is 5.82 Å². The Hall–Kier alpha value is -0.840. The topological polar surface area (TPSA) is 61.0 Å². The van der Waals surface area contributed by atoms with Crippen LogP contribution in [0.5, 0.6) is 5.88 Å². The Morgan fingerprint density at radius 1 is 1.50 bits per heavy atom. The molecular formula is C9H14BrN3O. The summed E-state index contributed by atoms with van der Waals surface area (Å²) in [6.45, 7) is 6.05. The van der Waals surface area contributed by atoms with Crippen LogP contribution in [0.1, 0.15) is 27.2 Å². The van der Waals surface area contributed by atoms with Crippen molar-refractivity contribution in [2.24, 2.45) is 0 Å². The van der Waals surface area contributed by atoms with E-state index in [0.717, 1.165) is 6.42 Å². The molecule has 1 aromatic heterocycles. The molecule has 0 fully saturated rings. The van der Waals surface area contributed by atoms with Crippen LogP contribution in [-0.4, -0.2) is 15.6 Å². The third-order valence-electron chi connectivity index (χ3n) is 2.01. The van der Waals surface area contributed by atoms with Crippen molar-refractivity contribution >= 4 is 21.7 Å². The summed E-state index contributed by atoms with van der Waals surface area (Å²) in [6.07, 6.45) is 2.28. The van der Waals surface area contributed by atoms with Gasteiger partial charge in [-0.1, -0.05) is 6.92 Å². The molecule has 2 N–H and O–H groups in total. The van der Waals surface area contributed by atoms with E-state index in [2.05, 4.69) is 32.8 Å². The highest BCUT2D eigenvalue weighted by atomic mass is 79.9.